The maximum absolute atomic E-state index is 11.6. The molecule has 1 saturated heterocycles. The second-order valence-corrected chi connectivity index (χ2v) is 9.59. The van der Waals surface area contributed by atoms with Gasteiger partial charge in [0, 0.05) is 51.9 Å². The van der Waals surface area contributed by atoms with Crippen LogP contribution in [0.25, 0.3) is 0 Å². The van der Waals surface area contributed by atoms with Crippen LogP contribution >= 0.6 is 0 Å². The number of ether oxygens (including phenoxy) is 1. The highest BCUT2D eigenvalue weighted by molar-refractivity contribution is 5.70. The lowest BCUT2D eigenvalue weighted by Crippen LogP contribution is -2.53. The highest BCUT2D eigenvalue weighted by Gasteiger charge is 2.29. The smallest absolute Gasteiger partial charge is 0.317 e. The zero-order valence-corrected chi connectivity index (χ0v) is 19.8. The molecular formula is C21H38N4O8. The van der Waals surface area contributed by atoms with Gasteiger partial charge in [0.25, 0.3) is 6.47 Å². The SMILES string of the molecule is CC(C)(C)CC1CN(CC(=O)O)CCN(COC=O)CCN(CC(=O)O)CCN1CC(=O)O. The molecule has 1 rings (SSSR count). The zero-order chi connectivity index (χ0) is 25.0. The maximum atomic E-state index is 11.6. The number of nitrogens with zero attached hydrogens (tertiary/aromatic N) is 4. The van der Waals surface area contributed by atoms with Crippen LogP contribution in [-0.4, -0.2) is 138 Å². The van der Waals surface area contributed by atoms with E-state index in [1.807, 2.05) is 30.6 Å². The first-order valence-corrected chi connectivity index (χ1v) is 11.0. The van der Waals surface area contributed by atoms with Crippen molar-refractivity contribution in [3.63, 3.8) is 0 Å². The molecule has 1 atom stereocenters. The Balaban J connectivity index is 3.23. The molecule has 0 saturated carbocycles. The summed E-state index contributed by atoms with van der Waals surface area (Å²) in [6.07, 6.45) is 0.632. The van der Waals surface area contributed by atoms with Gasteiger partial charge in [-0.3, -0.25) is 38.8 Å². The lowest BCUT2D eigenvalue weighted by atomic mass is 9.87. The molecule has 0 aromatic heterocycles. The predicted molar refractivity (Wildman–Crippen MR) is 119 cm³/mol. The fraction of sp³-hybridized carbons (Fsp3) is 0.810. The van der Waals surface area contributed by atoms with E-state index in [2.05, 4.69) is 0 Å². The molecule has 12 heteroatoms. The highest BCUT2D eigenvalue weighted by Crippen LogP contribution is 2.24. The Morgan fingerprint density at radius 3 is 1.82 bits per heavy atom. The monoisotopic (exact) mass is 474 g/mol. The van der Waals surface area contributed by atoms with Crippen LogP contribution in [0.15, 0.2) is 0 Å². The normalized spacial score (nSPS) is 21.0. The molecule has 12 nitrogen and oxygen atoms in total. The quantitative estimate of drug-likeness (QED) is 0.347. The van der Waals surface area contributed by atoms with Gasteiger partial charge in [-0.15, -0.1) is 0 Å². The van der Waals surface area contributed by atoms with Crippen molar-refractivity contribution in [2.75, 3.05) is 72.2 Å². The number of hydrogen-bond acceptors (Lipinski definition) is 9. The number of carboxylic acids is 3. The minimum absolute atomic E-state index is 0.0158. The van der Waals surface area contributed by atoms with Gasteiger partial charge in [-0.1, -0.05) is 20.8 Å². The molecule has 3 N–H and O–H groups in total. The summed E-state index contributed by atoms with van der Waals surface area (Å²) in [5.74, 6) is -2.96. The van der Waals surface area contributed by atoms with Gasteiger partial charge in [-0.25, -0.2) is 0 Å². The van der Waals surface area contributed by atoms with Crippen molar-refractivity contribution in [2.45, 2.75) is 33.2 Å². The van der Waals surface area contributed by atoms with E-state index in [9.17, 15) is 34.5 Å². The molecule has 0 bridgehead atoms. The molecule has 0 radical (unpaired) electrons. The largest absolute Gasteiger partial charge is 0.480 e. The van der Waals surface area contributed by atoms with E-state index in [-0.39, 0.29) is 37.8 Å². The summed E-state index contributed by atoms with van der Waals surface area (Å²) in [6.45, 7) is 8.42. The van der Waals surface area contributed by atoms with Gasteiger partial charge in [0.2, 0.25) is 0 Å². The van der Waals surface area contributed by atoms with Crippen LogP contribution in [-0.2, 0) is 23.9 Å². The van der Waals surface area contributed by atoms with Crippen molar-refractivity contribution in [2.24, 2.45) is 5.41 Å². The van der Waals surface area contributed by atoms with Crippen molar-refractivity contribution >= 4 is 24.4 Å². The van der Waals surface area contributed by atoms with Gasteiger partial charge in [-0.05, 0) is 11.8 Å². The number of hydrogen-bond donors (Lipinski definition) is 3. The summed E-state index contributed by atoms with van der Waals surface area (Å²) in [4.78, 5) is 52.3. The summed E-state index contributed by atoms with van der Waals surface area (Å²) in [5.41, 5.74) is -0.141. The number of carbonyl (C=O) groups excluding carboxylic acids is 1. The van der Waals surface area contributed by atoms with E-state index in [1.165, 1.54) is 0 Å². The van der Waals surface area contributed by atoms with Gasteiger partial charge in [0.15, 0.2) is 0 Å². The molecule has 1 fully saturated rings. The molecule has 1 heterocycles. The van der Waals surface area contributed by atoms with Crippen molar-refractivity contribution < 1.29 is 39.2 Å². The van der Waals surface area contributed by atoms with Crippen molar-refractivity contribution in [3.8, 4) is 0 Å². The topological polar surface area (TPSA) is 151 Å². The minimum Gasteiger partial charge on any atom is -0.480 e. The fourth-order valence-electron chi connectivity index (χ4n) is 3.98. The van der Waals surface area contributed by atoms with E-state index in [0.717, 1.165) is 0 Å². The van der Waals surface area contributed by atoms with Gasteiger partial charge in [0.1, 0.15) is 6.73 Å². The molecule has 1 aliphatic heterocycles. The Morgan fingerprint density at radius 1 is 0.818 bits per heavy atom. The van der Waals surface area contributed by atoms with Crippen LogP contribution in [0.3, 0.4) is 0 Å². The molecule has 0 aromatic rings. The molecule has 0 spiro atoms. The molecule has 0 aliphatic carbocycles. The molecule has 0 aromatic carbocycles. The van der Waals surface area contributed by atoms with Crippen molar-refractivity contribution in [3.05, 3.63) is 0 Å². The fourth-order valence-corrected chi connectivity index (χ4v) is 3.98. The Hall–Kier alpha value is -2.28. The Morgan fingerprint density at radius 2 is 1.30 bits per heavy atom. The maximum Gasteiger partial charge on any atom is 0.317 e. The van der Waals surface area contributed by atoms with E-state index in [4.69, 9.17) is 4.74 Å². The summed E-state index contributed by atoms with van der Waals surface area (Å²) in [7, 11) is 0. The molecule has 1 aliphatic rings. The Kier molecular flexibility index (Phi) is 12.3. The van der Waals surface area contributed by atoms with Crippen LogP contribution in [0.5, 0.6) is 0 Å². The van der Waals surface area contributed by atoms with Gasteiger partial charge in [0.05, 0.1) is 19.6 Å². The number of carboxylic acid groups (broad SMARTS) is 3. The molecule has 190 valence electrons. The first kappa shape index (κ1) is 28.8. The minimum atomic E-state index is -0.993. The molecule has 1 unspecified atom stereocenters. The first-order valence-electron chi connectivity index (χ1n) is 11.0. The van der Waals surface area contributed by atoms with Crippen LogP contribution in [0.2, 0.25) is 0 Å². The Bertz CT molecular complexity index is 655. The molecule has 33 heavy (non-hydrogen) atoms. The van der Waals surface area contributed by atoms with Gasteiger partial charge < -0.3 is 20.1 Å². The number of aliphatic carboxylic acids is 3. The lowest BCUT2D eigenvalue weighted by Gasteiger charge is -2.39. The lowest BCUT2D eigenvalue weighted by molar-refractivity contribution is -0.142. The average molecular weight is 475 g/mol. The van der Waals surface area contributed by atoms with Crippen LogP contribution in [0.4, 0.5) is 0 Å². The van der Waals surface area contributed by atoms with Crippen molar-refractivity contribution in [1.82, 2.24) is 19.6 Å². The first-order chi connectivity index (χ1) is 15.4. The summed E-state index contributed by atoms with van der Waals surface area (Å²) < 4.78 is 4.88. The van der Waals surface area contributed by atoms with E-state index < -0.39 is 17.9 Å². The second-order valence-electron chi connectivity index (χ2n) is 9.59. The van der Waals surface area contributed by atoms with E-state index in [1.54, 1.807) is 9.80 Å². The van der Waals surface area contributed by atoms with Crippen LogP contribution in [0, 0.1) is 5.41 Å². The summed E-state index contributed by atoms with van der Waals surface area (Å²) in [5, 5.41) is 28.2. The third kappa shape index (κ3) is 13.1. The number of rotatable bonds is 10. The molecular weight excluding hydrogens is 436 g/mol. The Labute approximate surface area is 194 Å². The third-order valence-corrected chi connectivity index (χ3v) is 5.38. The van der Waals surface area contributed by atoms with Gasteiger partial charge >= 0.3 is 17.9 Å². The van der Waals surface area contributed by atoms with Crippen molar-refractivity contribution in [1.29, 1.82) is 0 Å². The standard InChI is InChI=1S/C21H38N4O8/c1-21(2,3)10-17-11-24(13-19(29)30)7-6-23(15-33-16-26)5-4-22(12-18(27)28)8-9-25(17)14-20(31)32/h16-17H,4-15H2,1-3H3,(H,27,28)(H,29,30)(H,31,32). The van der Waals surface area contributed by atoms with Crippen LogP contribution in [0.1, 0.15) is 27.2 Å². The number of carbonyl (C=O) groups is 4. The van der Waals surface area contributed by atoms with Gasteiger partial charge in [-0.2, -0.15) is 0 Å². The predicted octanol–water partition coefficient (Wildman–Crippen LogP) is -0.603. The van der Waals surface area contributed by atoms with E-state index >= 15 is 0 Å². The third-order valence-electron chi connectivity index (χ3n) is 5.38. The molecule has 0 amide bonds. The van der Waals surface area contributed by atoms with Crippen LogP contribution < -0.4 is 0 Å². The zero-order valence-electron chi connectivity index (χ0n) is 19.8. The summed E-state index contributed by atoms with van der Waals surface area (Å²) >= 11 is 0. The van der Waals surface area contributed by atoms with E-state index in [0.29, 0.717) is 58.7 Å². The second kappa shape index (κ2) is 14.1. The summed E-state index contributed by atoms with van der Waals surface area (Å²) in [6, 6.07) is -0.244. The highest BCUT2D eigenvalue weighted by atomic mass is 16.5. The average Bonchev–Trinajstić information content (AvgIpc) is 2.66.